The van der Waals surface area contributed by atoms with E-state index in [0.29, 0.717) is 18.6 Å². The van der Waals surface area contributed by atoms with Crippen molar-refractivity contribution >= 4 is 39.1 Å². The van der Waals surface area contributed by atoms with Crippen LogP contribution in [0.1, 0.15) is 39.7 Å². The number of hydrogen-bond donors (Lipinski definition) is 1. The number of nitrogens with one attached hydrogen (secondary N) is 1. The maximum absolute atomic E-state index is 14.4. The van der Waals surface area contributed by atoms with Gasteiger partial charge < -0.3 is 24.4 Å². The largest absolute Gasteiger partial charge is 0.495 e. The lowest BCUT2D eigenvalue weighted by Gasteiger charge is -2.35. The zero-order chi connectivity index (χ0) is 33.4. The Morgan fingerprint density at radius 3 is 2.09 bits per heavy atom. The van der Waals surface area contributed by atoms with Gasteiger partial charge in [0.05, 0.1) is 31.9 Å². The molecule has 0 aliphatic heterocycles. The predicted molar refractivity (Wildman–Crippen MR) is 176 cm³/mol. The number of carbonyl (C=O) groups excluding carboxylic acids is 2. The molecule has 0 saturated heterocycles. The van der Waals surface area contributed by atoms with Crippen molar-refractivity contribution in [1.29, 1.82) is 0 Å². The Labute approximate surface area is 271 Å². The Morgan fingerprint density at radius 2 is 1.51 bits per heavy atom. The predicted octanol–water partition coefficient (Wildman–Crippen LogP) is 5.33. The number of halogens is 1. The third-order valence-electron chi connectivity index (χ3n) is 7.00. The number of sulfonamides is 1. The fraction of sp³-hybridized carbons (Fsp3) is 0.394. The van der Waals surface area contributed by atoms with Crippen LogP contribution in [0, 0.1) is 0 Å². The summed E-state index contributed by atoms with van der Waals surface area (Å²) in [6, 6.07) is 17.4. The molecule has 1 atom stereocenters. The van der Waals surface area contributed by atoms with Gasteiger partial charge in [-0.3, -0.25) is 13.9 Å². The Kier molecular flexibility index (Phi) is 12.1. The number of benzene rings is 3. The molecule has 10 nitrogen and oxygen atoms in total. The summed E-state index contributed by atoms with van der Waals surface area (Å²) in [4.78, 5) is 29.1. The fourth-order valence-corrected chi connectivity index (χ4v) is 6.42. The molecule has 0 saturated carbocycles. The molecular formula is C33H42ClN3O7S. The molecule has 0 fully saturated rings. The number of methoxy groups -OCH3 is 3. The Hall–Kier alpha value is -3.96. The minimum atomic E-state index is -4.43. The van der Waals surface area contributed by atoms with Crippen LogP contribution in [0.2, 0.25) is 5.02 Å². The highest BCUT2D eigenvalue weighted by Crippen LogP contribution is 2.37. The van der Waals surface area contributed by atoms with Crippen LogP contribution in [0.4, 0.5) is 5.69 Å². The zero-order valence-corrected chi connectivity index (χ0v) is 28.4. The lowest BCUT2D eigenvalue weighted by Crippen LogP contribution is -2.56. The van der Waals surface area contributed by atoms with E-state index >= 15 is 0 Å². The van der Waals surface area contributed by atoms with E-state index in [0.717, 1.165) is 9.87 Å². The van der Waals surface area contributed by atoms with Gasteiger partial charge in [-0.05, 0) is 69.5 Å². The van der Waals surface area contributed by atoms with Crippen molar-refractivity contribution in [2.24, 2.45) is 0 Å². The number of anilines is 1. The molecule has 0 radical (unpaired) electrons. The second kappa shape index (κ2) is 15.4. The Morgan fingerprint density at radius 1 is 0.889 bits per heavy atom. The third-order valence-corrected chi connectivity index (χ3v) is 8.99. The molecule has 3 aromatic carbocycles. The van der Waals surface area contributed by atoms with Crippen LogP contribution in [0.5, 0.6) is 17.2 Å². The first-order valence-corrected chi connectivity index (χ1v) is 16.3. The summed E-state index contributed by atoms with van der Waals surface area (Å²) >= 11 is 6.33. The molecule has 45 heavy (non-hydrogen) atoms. The quantitative estimate of drug-likeness (QED) is 0.249. The third kappa shape index (κ3) is 9.04. The summed E-state index contributed by atoms with van der Waals surface area (Å²) in [5, 5.41) is 3.20. The summed E-state index contributed by atoms with van der Waals surface area (Å²) in [6.45, 7) is 6.93. The SMILES string of the molecule is CC[C@@H](C(=O)NC(C)(C)C)N(CCc1ccccc1)C(=O)CN(c1cc(Cl)ccc1OC)S(=O)(=O)c1ccc(OC)c(OC)c1. The molecule has 3 rings (SSSR count). The van der Waals surface area contributed by atoms with E-state index in [2.05, 4.69) is 5.32 Å². The van der Waals surface area contributed by atoms with Crippen molar-refractivity contribution < 1.29 is 32.2 Å². The summed E-state index contributed by atoms with van der Waals surface area (Å²) in [7, 11) is -0.194. The van der Waals surface area contributed by atoms with Crippen molar-refractivity contribution in [2.45, 2.75) is 57.0 Å². The standard InChI is InChI=1S/C33H42ClN3O7S/c1-8-26(32(39)35-33(2,3)4)36(19-18-23-12-10-9-11-13-23)31(38)22-37(27-20-24(34)14-16-28(27)42-5)45(40,41)25-15-17-29(43-6)30(21-25)44-7/h9-17,20-21,26H,8,18-19,22H2,1-7H3,(H,35,39)/t26-/m0/s1. The van der Waals surface area contributed by atoms with Gasteiger partial charge in [-0.1, -0.05) is 48.9 Å². The van der Waals surface area contributed by atoms with Crippen LogP contribution in [0.15, 0.2) is 71.6 Å². The monoisotopic (exact) mass is 659 g/mol. The number of ether oxygens (including phenoxy) is 3. The zero-order valence-electron chi connectivity index (χ0n) is 26.8. The van der Waals surface area contributed by atoms with Crippen molar-refractivity contribution in [3.8, 4) is 17.2 Å². The molecule has 2 amide bonds. The maximum Gasteiger partial charge on any atom is 0.265 e. The van der Waals surface area contributed by atoms with Crippen molar-refractivity contribution in [2.75, 3.05) is 38.7 Å². The van der Waals surface area contributed by atoms with Gasteiger partial charge >= 0.3 is 0 Å². The highest BCUT2D eigenvalue weighted by Gasteiger charge is 2.36. The molecule has 0 aromatic heterocycles. The van der Waals surface area contributed by atoms with Crippen molar-refractivity contribution in [3.63, 3.8) is 0 Å². The minimum Gasteiger partial charge on any atom is -0.495 e. The molecule has 0 bridgehead atoms. The molecular weight excluding hydrogens is 618 g/mol. The van der Waals surface area contributed by atoms with E-state index in [-0.39, 0.29) is 39.6 Å². The molecule has 0 spiro atoms. The number of carbonyl (C=O) groups is 2. The maximum atomic E-state index is 14.4. The van der Waals surface area contributed by atoms with Crippen LogP contribution in [-0.2, 0) is 26.0 Å². The molecule has 12 heteroatoms. The Bertz CT molecular complexity index is 1580. The van der Waals surface area contributed by atoms with Gasteiger partial charge in [0, 0.05) is 23.2 Å². The van der Waals surface area contributed by atoms with Gasteiger partial charge in [-0.25, -0.2) is 8.42 Å². The average Bonchev–Trinajstić information content (AvgIpc) is 3.00. The lowest BCUT2D eigenvalue weighted by atomic mass is 10.1. The van der Waals surface area contributed by atoms with Gasteiger partial charge in [0.15, 0.2) is 11.5 Å². The first-order valence-electron chi connectivity index (χ1n) is 14.5. The molecule has 3 aromatic rings. The second-order valence-electron chi connectivity index (χ2n) is 11.3. The smallest absolute Gasteiger partial charge is 0.265 e. The van der Waals surface area contributed by atoms with Crippen molar-refractivity contribution in [1.82, 2.24) is 10.2 Å². The van der Waals surface area contributed by atoms with E-state index in [4.69, 9.17) is 25.8 Å². The first kappa shape index (κ1) is 35.5. The average molecular weight is 660 g/mol. The lowest BCUT2D eigenvalue weighted by molar-refractivity contribution is -0.140. The molecule has 1 N–H and O–H groups in total. The van der Waals surface area contributed by atoms with Gasteiger partial charge in [0.25, 0.3) is 10.0 Å². The molecule has 0 unspecified atom stereocenters. The summed E-state index contributed by atoms with van der Waals surface area (Å²) in [6.07, 6.45) is 0.764. The van der Waals surface area contributed by atoms with E-state index in [1.807, 2.05) is 58.0 Å². The molecule has 244 valence electrons. The fourth-order valence-electron chi connectivity index (χ4n) is 4.82. The van der Waals surface area contributed by atoms with Crippen LogP contribution >= 0.6 is 11.6 Å². The van der Waals surface area contributed by atoms with Gasteiger partial charge in [0.1, 0.15) is 18.3 Å². The number of amides is 2. The summed E-state index contributed by atoms with van der Waals surface area (Å²) in [5.74, 6) is -0.196. The van der Waals surface area contributed by atoms with E-state index in [9.17, 15) is 18.0 Å². The Balaban J connectivity index is 2.14. The molecule has 0 heterocycles. The van der Waals surface area contributed by atoms with E-state index in [1.54, 1.807) is 6.07 Å². The van der Waals surface area contributed by atoms with Crippen LogP contribution in [0.25, 0.3) is 0 Å². The minimum absolute atomic E-state index is 0.0586. The second-order valence-corrected chi connectivity index (χ2v) is 13.6. The summed E-state index contributed by atoms with van der Waals surface area (Å²) in [5.41, 5.74) is 0.478. The van der Waals surface area contributed by atoms with Crippen LogP contribution in [0.3, 0.4) is 0 Å². The van der Waals surface area contributed by atoms with Crippen LogP contribution in [-0.4, -0.2) is 71.1 Å². The highest BCUT2D eigenvalue weighted by molar-refractivity contribution is 7.92. The van der Waals surface area contributed by atoms with E-state index < -0.39 is 34.1 Å². The number of hydrogen-bond acceptors (Lipinski definition) is 7. The van der Waals surface area contributed by atoms with Gasteiger partial charge in [-0.2, -0.15) is 0 Å². The topological polar surface area (TPSA) is 114 Å². The van der Waals surface area contributed by atoms with Crippen LogP contribution < -0.4 is 23.8 Å². The normalized spacial score (nSPS) is 12.2. The van der Waals surface area contributed by atoms with Crippen molar-refractivity contribution in [3.05, 3.63) is 77.3 Å². The highest BCUT2D eigenvalue weighted by atomic mass is 35.5. The van der Waals surface area contributed by atoms with Gasteiger partial charge in [-0.15, -0.1) is 0 Å². The number of rotatable bonds is 14. The van der Waals surface area contributed by atoms with Gasteiger partial charge in [0.2, 0.25) is 11.8 Å². The number of nitrogens with zero attached hydrogens (tertiary/aromatic N) is 2. The molecule has 0 aliphatic carbocycles. The molecule has 0 aliphatic rings. The van der Waals surface area contributed by atoms with E-state index in [1.165, 1.54) is 56.6 Å². The summed E-state index contributed by atoms with van der Waals surface area (Å²) < 4.78 is 45.8. The first-order chi connectivity index (χ1) is 21.2.